The van der Waals surface area contributed by atoms with Crippen molar-refractivity contribution >= 4 is 5.91 Å². The monoisotopic (exact) mass is 1040 g/mol. The molecule has 0 aromatic carbocycles. The van der Waals surface area contributed by atoms with Crippen molar-refractivity contribution in [2.45, 2.75) is 343 Å². The molecular formula is C68H128N2O4. The Balaban J connectivity index is 1.25. The standard InChI is InChI=1S/C68H128N2O4/c1-8-11-14-17-20-23-26-29-32-35-40-57(42-39-52-70(50-36-33-30-27-24-21-18-15-12-9-2)51-37-34-31-28-25-22-19-16-13-10-3)41-38-49-69-64(74)46-43-56(4)59-44-45-60-65-61(53-63(73)68(59,60)7)67(6)48-47-58(71)54-66(67,5)55-62(65)72/h41,56,58-63,65,71-73H,8-40,42-55H2,1-7H3,(H,69,74)/b57-41+/t56-,58-,59-,60?,61?,62-,63+,65+,66+,67-,68-/m1/s1. The van der Waals surface area contributed by atoms with Gasteiger partial charge in [-0.2, -0.15) is 0 Å². The molecular weight excluding hydrogens is 909 g/mol. The zero-order valence-corrected chi connectivity index (χ0v) is 50.6. The molecule has 0 bridgehead atoms. The maximum absolute atomic E-state index is 13.5. The molecule has 4 saturated carbocycles. The molecule has 0 aliphatic heterocycles. The summed E-state index contributed by atoms with van der Waals surface area (Å²) in [4.78, 5) is 16.3. The summed E-state index contributed by atoms with van der Waals surface area (Å²) >= 11 is 0. The van der Waals surface area contributed by atoms with E-state index in [2.05, 4.69) is 64.8 Å². The van der Waals surface area contributed by atoms with Crippen molar-refractivity contribution in [2.75, 3.05) is 26.2 Å². The van der Waals surface area contributed by atoms with Gasteiger partial charge in [-0.05, 0) is 162 Å². The summed E-state index contributed by atoms with van der Waals surface area (Å²) in [5, 5.41) is 38.1. The summed E-state index contributed by atoms with van der Waals surface area (Å²) < 4.78 is 0. The number of rotatable bonds is 44. The maximum atomic E-state index is 13.5. The van der Waals surface area contributed by atoms with E-state index in [-0.39, 0.29) is 46.2 Å². The van der Waals surface area contributed by atoms with Crippen molar-refractivity contribution in [2.24, 2.45) is 45.8 Å². The Morgan fingerprint density at radius 3 is 1.58 bits per heavy atom. The van der Waals surface area contributed by atoms with Crippen LogP contribution in [-0.2, 0) is 4.79 Å². The van der Waals surface area contributed by atoms with Crippen molar-refractivity contribution in [1.29, 1.82) is 0 Å². The smallest absolute Gasteiger partial charge is 0.220 e. The lowest BCUT2D eigenvalue weighted by molar-refractivity contribution is -0.233. The Labute approximate surface area is 460 Å². The van der Waals surface area contributed by atoms with E-state index in [0.717, 1.165) is 64.3 Å². The van der Waals surface area contributed by atoms with Crippen molar-refractivity contribution in [3.05, 3.63) is 11.6 Å². The molecule has 4 rings (SSSR count). The van der Waals surface area contributed by atoms with Crippen LogP contribution in [0.5, 0.6) is 0 Å². The molecule has 6 nitrogen and oxygen atoms in total. The van der Waals surface area contributed by atoms with E-state index < -0.39 is 6.10 Å². The lowest BCUT2D eigenvalue weighted by Gasteiger charge is -2.67. The largest absolute Gasteiger partial charge is 0.393 e. The summed E-state index contributed by atoms with van der Waals surface area (Å²) in [6.45, 7) is 20.8. The van der Waals surface area contributed by atoms with E-state index in [0.29, 0.717) is 24.2 Å². The molecule has 0 aromatic heterocycles. The molecule has 0 aromatic rings. The van der Waals surface area contributed by atoms with Crippen LogP contribution in [0.2, 0.25) is 0 Å². The molecule has 434 valence electrons. The average Bonchev–Trinajstić information content (AvgIpc) is 3.75. The number of nitrogens with zero attached hydrogens (tertiary/aromatic N) is 1. The number of hydrogen-bond donors (Lipinski definition) is 4. The Kier molecular flexibility index (Phi) is 32.8. The first-order valence-electron chi connectivity index (χ1n) is 33.6. The van der Waals surface area contributed by atoms with Gasteiger partial charge in [0.15, 0.2) is 0 Å². The summed E-state index contributed by atoms with van der Waals surface area (Å²) in [6.07, 6.45) is 55.5. The Hall–Kier alpha value is -0.950. The molecule has 1 amide bonds. The minimum atomic E-state index is -0.394. The number of hydrogen-bond acceptors (Lipinski definition) is 5. The van der Waals surface area contributed by atoms with Gasteiger partial charge < -0.3 is 25.5 Å². The first-order valence-corrected chi connectivity index (χ1v) is 33.6. The number of nitrogens with one attached hydrogen (secondary N) is 1. The zero-order valence-electron chi connectivity index (χ0n) is 50.6. The molecule has 4 N–H and O–H groups in total. The molecule has 0 heterocycles. The predicted molar refractivity (Wildman–Crippen MR) is 319 cm³/mol. The number of fused-ring (bicyclic) bond motifs is 5. The third-order valence-corrected chi connectivity index (χ3v) is 21.4. The van der Waals surface area contributed by atoms with Crippen LogP contribution < -0.4 is 5.32 Å². The molecule has 0 radical (unpaired) electrons. The van der Waals surface area contributed by atoms with Crippen LogP contribution in [-0.4, -0.2) is 70.6 Å². The minimum absolute atomic E-state index is 0.0300. The van der Waals surface area contributed by atoms with Crippen molar-refractivity contribution < 1.29 is 20.1 Å². The van der Waals surface area contributed by atoms with Gasteiger partial charge in [0.25, 0.3) is 0 Å². The third-order valence-electron chi connectivity index (χ3n) is 21.4. The second-order valence-electron chi connectivity index (χ2n) is 27.0. The van der Waals surface area contributed by atoms with Crippen LogP contribution >= 0.6 is 0 Å². The van der Waals surface area contributed by atoms with Gasteiger partial charge in [-0.3, -0.25) is 4.79 Å². The first kappa shape index (κ1) is 65.6. The van der Waals surface area contributed by atoms with Gasteiger partial charge in [0.05, 0.1) is 18.3 Å². The zero-order chi connectivity index (χ0) is 53.5. The lowest BCUT2D eigenvalue weighted by Crippen LogP contribution is -2.65. The van der Waals surface area contributed by atoms with E-state index in [1.54, 1.807) is 5.57 Å². The highest BCUT2D eigenvalue weighted by molar-refractivity contribution is 5.75. The molecule has 2 unspecified atom stereocenters. The normalized spacial score (nSPS) is 29.3. The van der Waals surface area contributed by atoms with Gasteiger partial charge in [0.1, 0.15) is 0 Å². The Bertz CT molecular complexity index is 1440. The fourth-order valence-electron chi connectivity index (χ4n) is 16.4. The number of unbranched alkanes of at least 4 members (excludes halogenated alkanes) is 27. The number of amides is 1. The van der Waals surface area contributed by atoms with Gasteiger partial charge in [-0.25, -0.2) is 0 Å². The molecule has 4 aliphatic carbocycles. The Morgan fingerprint density at radius 1 is 0.581 bits per heavy atom. The highest BCUT2D eigenvalue weighted by atomic mass is 16.3. The maximum Gasteiger partial charge on any atom is 0.220 e. The van der Waals surface area contributed by atoms with Crippen molar-refractivity contribution in [3.63, 3.8) is 0 Å². The minimum Gasteiger partial charge on any atom is -0.393 e. The lowest BCUT2D eigenvalue weighted by atomic mass is 9.39. The third kappa shape index (κ3) is 21.6. The SMILES string of the molecule is CCCCCCCCCCCC/C(=C\CCNC(=O)CC[C@@H](C)[C@H]1CCC2[C@H]3C(C[C@H](O)[C@@]21C)[C@@]1(C)CC[C@@H](O)C[C@@]1(C)C[C@H]3O)CCCN(CCCCCCCCCCCC)CCCCCCCCCCCC. The second kappa shape index (κ2) is 37.1. The molecule has 4 fully saturated rings. The van der Waals surface area contributed by atoms with Crippen LogP contribution in [0.15, 0.2) is 11.6 Å². The quantitative estimate of drug-likeness (QED) is 0.0360. The number of allylic oxidation sites excluding steroid dienone is 1. The molecule has 74 heavy (non-hydrogen) atoms. The predicted octanol–water partition coefficient (Wildman–Crippen LogP) is 18.4. The van der Waals surface area contributed by atoms with Gasteiger partial charge >= 0.3 is 0 Å². The van der Waals surface area contributed by atoms with E-state index in [1.807, 2.05) is 0 Å². The topological polar surface area (TPSA) is 93.0 Å². The van der Waals surface area contributed by atoms with Crippen LogP contribution in [0.25, 0.3) is 0 Å². The van der Waals surface area contributed by atoms with Crippen LogP contribution in [0.1, 0.15) is 325 Å². The average molecular weight is 1040 g/mol. The molecule has 6 heteroatoms. The molecule has 0 spiro atoms. The van der Waals surface area contributed by atoms with Gasteiger partial charge in [-0.15, -0.1) is 0 Å². The molecule has 11 atom stereocenters. The fraction of sp³-hybridized carbons (Fsp3) is 0.956. The highest BCUT2D eigenvalue weighted by Crippen LogP contribution is 2.71. The molecule has 4 aliphatic rings. The van der Waals surface area contributed by atoms with Crippen molar-refractivity contribution in [1.82, 2.24) is 10.2 Å². The number of carbonyl (C=O) groups excluding carboxylic acids is 1. The van der Waals surface area contributed by atoms with Gasteiger partial charge in [-0.1, -0.05) is 233 Å². The summed E-state index contributed by atoms with van der Waals surface area (Å²) in [5.74, 6) is 1.68. The van der Waals surface area contributed by atoms with Crippen LogP contribution in [0.4, 0.5) is 0 Å². The van der Waals surface area contributed by atoms with Crippen molar-refractivity contribution in [3.8, 4) is 0 Å². The summed E-state index contributed by atoms with van der Waals surface area (Å²) in [7, 11) is 0. The van der Waals surface area contributed by atoms with E-state index in [1.165, 1.54) is 232 Å². The number of aliphatic hydroxyl groups is 3. The van der Waals surface area contributed by atoms with E-state index >= 15 is 0 Å². The molecule has 0 saturated heterocycles. The second-order valence-corrected chi connectivity index (χ2v) is 27.0. The Morgan fingerprint density at radius 2 is 1.05 bits per heavy atom. The van der Waals surface area contributed by atoms with Crippen LogP contribution in [0, 0.1) is 45.8 Å². The van der Waals surface area contributed by atoms with E-state index in [4.69, 9.17) is 0 Å². The number of carbonyl (C=O) groups is 1. The van der Waals surface area contributed by atoms with Gasteiger partial charge in [0.2, 0.25) is 5.91 Å². The van der Waals surface area contributed by atoms with Gasteiger partial charge in [0, 0.05) is 13.0 Å². The summed E-state index contributed by atoms with van der Waals surface area (Å²) in [6, 6.07) is 0. The number of aliphatic hydroxyl groups excluding tert-OH is 3. The summed E-state index contributed by atoms with van der Waals surface area (Å²) in [5.41, 5.74) is 1.33. The first-order chi connectivity index (χ1) is 35.8. The fourth-order valence-corrected chi connectivity index (χ4v) is 16.4. The highest BCUT2D eigenvalue weighted by Gasteiger charge is 2.68. The van der Waals surface area contributed by atoms with Crippen LogP contribution in [0.3, 0.4) is 0 Å². The van der Waals surface area contributed by atoms with E-state index in [9.17, 15) is 20.1 Å².